The van der Waals surface area contributed by atoms with Crippen molar-refractivity contribution in [3.05, 3.63) is 90.3 Å². The van der Waals surface area contributed by atoms with E-state index in [1.54, 1.807) is 68.6 Å². The van der Waals surface area contributed by atoms with Gasteiger partial charge in [-0.15, -0.1) is 31.4 Å². The fraction of sp³-hybridized carbons (Fsp3) is 0.333. The molecule has 12 nitrogen and oxygen atoms in total. The first-order valence-electron chi connectivity index (χ1n) is 16.6. The summed E-state index contributed by atoms with van der Waals surface area (Å²) in [5, 5.41) is 30.6. The third-order valence-electron chi connectivity index (χ3n) is 7.22. The molecule has 296 valence electrons. The molecule has 0 amide bonds. The highest BCUT2D eigenvalue weighted by Gasteiger charge is 2.32. The van der Waals surface area contributed by atoms with Gasteiger partial charge in [0.05, 0.1) is 35.0 Å². The first-order chi connectivity index (χ1) is 25.6. The average Bonchev–Trinajstić information content (AvgIpc) is 3.67. The Labute approximate surface area is 316 Å². The van der Waals surface area contributed by atoms with Gasteiger partial charge in [-0.05, 0) is 95.6 Å². The highest BCUT2D eigenvalue weighted by Crippen LogP contribution is 2.30. The smallest absolute Gasteiger partial charge is 0.406 e. The first-order valence-corrected chi connectivity index (χ1v) is 16.9. The van der Waals surface area contributed by atoms with Crippen LogP contribution in [0.2, 0.25) is 5.15 Å². The van der Waals surface area contributed by atoms with E-state index in [1.165, 1.54) is 53.3 Å². The zero-order valence-electron chi connectivity index (χ0n) is 30.0. The highest BCUT2D eigenvalue weighted by atomic mass is 35.5. The molecule has 19 heteroatoms. The quantitative estimate of drug-likeness (QED) is 0.100. The highest BCUT2D eigenvalue weighted by molar-refractivity contribution is 6.29. The Morgan fingerprint density at radius 2 is 1.16 bits per heavy atom. The van der Waals surface area contributed by atoms with Crippen LogP contribution in [0.5, 0.6) is 11.5 Å². The molecule has 55 heavy (non-hydrogen) atoms. The van der Waals surface area contributed by atoms with Gasteiger partial charge in [-0.25, -0.2) is 19.0 Å². The van der Waals surface area contributed by atoms with Crippen LogP contribution in [-0.2, 0) is 0 Å². The summed E-state index contributed by atoms with van der Waals surface area (Å²) in [6.07, 6.45) is -5.25. The van der Waals surface area contributed by atoms with Crippen molar-refractivity contribution in [2.24, 2.45) is 5.73 Å². The SMILES string of the molecule is CC(C)(O)CCN.CC(C)(O)CCNc1ccc2ncc(-c3cccc(OC(F)(F)F)c3)n2n1.FC(F)(F)Oc1cccc(-c2cnc3ccc(Cl)nn23)c1. The van der Waals surface area contributed by atoms with Gasteiger partial charge < -0.3 is 30.7 Å². The topological polar surface area (TPSA) is 157 Å². The fourth-order valence-corrected chi connectivity index (χ4v) is 4.91. The molecule has 2 aromatic carbocycles. The molecule has 0 aliphatic rings. The summed E-state index contributed by atoms with van der Waals surface area (Å²) in [5.41, 5.74) is 6.90. The average molecular weight is 797 g/mol. The van der Waals surface area contributed by atoms with Crippen LogP contribution in [-0.4, -0.2) is 76.4 Å². The second kappa shape index (κ2) is 17.5. The molecule has 0 saturated carbocycles. The van der Waals surface area contributed by atoms with Crippen molar-refractivity contribution in [2.45, 2.75) is 64.5 Å². The summed E-state index contributed by atoms with van der Waals surface area (Å²) in [6.45, 7) is 8.01. The van der Waals surface area contributed by atoms with Crippen molar-refractivity contribution < 1.29 is 46.0 Å². The summed E-state index contributed by atoms with van der Waals surface area (Å²) in [7, 11) is 0. The molecule has 0 aliphatic heterocycles. The summed E-state index contributed by atoms with van der Waals surface area (Å²) in [6, 6.07) is 18.0. The molecule has 0 bridgehead atoms. The molecular weight excluding hydrogens is 758 g/mol. The Morgan fingerprint density at radius 3 is 1.60 bits per heavy atom. The maximum atomic E-state index is 12.4. The fourth-order valence-electron chi connectivity index (χ4n) is 4.77. The third-order valence-corrected chi connectivity index (χ3v) is 7.42. The van der Waals surface area contributed by atoms with Gasteiger partial charge in [-0.3, -0.25) is 0 Å². The van der Waals surface area contributed by atoms with E-state index in [9.17, 15) is 31.4 Å². The number of halogens is 7. The van der Waals surface area contributed by atoms with Gasteiger partial charge >= 0.3 is 12.7 Å². The molecule has 6 aromatic rings. The van der Waals surface area contributed by atoms with Gasteiger partial charge in [0.15, 0.2) is 11.3 Å². The number of anilines is 1. The number of imidazole rings is 2. The van der Waals surface area contributed by atoms with Crippen molar-refractivity contribution in [2.75, 3.05) is 18.4 Å². The summed E-state index contributed by atoms with van der Waals surface area (Å²) in [5.74, 6) is -0.0555. The minimum atomic E-state index is -4.76. The molecule has 5 N–H and O–H groups in total. The maximum absolute atomic E-state index is 12.4. The lowest BCUT2D eigenvalue weighted by atomic mass is 10.1. The van der Waals surface area contributed by atoms with Crippen LogP contribution in [0.1, 0.15) is 40.5 Å². The van der Waals surface area contributed by atoms with Gasteiger partial charge in [-0.2, -0.15) is 5.10 Å². The van der Waals surface area contributed by atoms with E-state index >= 15 is 0 Å². The van der Waals surface area contributed by atoms with Crippen molar-refractivity contribution in [1.82, 2.24) is 29.2 Å². The second-order valence-electron chi connectivity index (χ2n) is 13.2. The molecule has 6 rings (SSSR count). The summed E-state index contributed by atoms with van der Waals surface area (Å²) >= 11 is 5.82. The zero-order chi connectivity index (χ0) is 40.6. The van der Waals surface area contributed by atoms with Gasteiger partial charge in [0.1, 0.15) is 22.5 Å². The summed E-state index contributed by atoms with van der Waals surface area (Å²) < 4.78 is 85.0. The van der Waals surface area contributed by atoms with E-state index in [1.807, 2.05) is 0 Å². The molecular formula is C36H39ClF6N8O4. The predicted molar refractivity (Wildman–Crippen MR) is 195 cm³/mol. The lowest BCUT2D eigenvalue weighted by Crippen LogP contribution is -2.23. The Kier molecular flexibility index (Phi) is 13.6. The number of nitrogens with zero attached hydrogens (tertiary/aromatic N) is 6. The molecule has 0 aliphatic carbocycles. The van der Waals surface area contributed by atoms with E-state index in [4.69, 9.17) is 22.4 Å². The number of hydrogen-bond acceptors (Lipinski definition) is 10. The number of benzene rings is 2. The lowest BCUT2D eigenvalue weighted by Gasteiger charge is -2.17. The minimum Gasteiger partial charge on any atom is -0.406 e. The van der Waals surface area contributed by atoms with Crippen molar-refractivity contribution in [1.29, 1.82) is 0 Å². The standard InChI is InChI=1S/C18H19F3N4O2.C13H7ClF3N3O.C5H13NO/c1-17(2,26)8-9-22-15-6-7-16-23-11-14(25(16)24-15)12-4-3-5-13(10-12)27-18(19,20)21;14-11-4-5-12-18-7-10(20(12)19-11)8-2-1-3-9(6-8)21-13(15,16)17;1-5(2,7)3-4-6/h3-7,10-11,26H,8-9H2,1-2H3,(H,22,24);1-7H;7H,3-4,6H2,1-2H3. The molecule has 0 fully saturated rings. The number of aromatic nitrogens is 6. The minimum absolute atomic E-state index is 0.254. The maximum Gasteiger partial charge on any atom is 0.573 e. The van der Waals surface area contributed by atoms with E-state index < -0.39 is 23.9 Å². The van der Waals surface area contributed by atoms with Crippen molar-refractivity contribution in [3.8, 4) is 34.0 Å². The van der Waals surface area contributed by atoms with Crippen LogP contribution in [0.15, 0.2) is 85.2 Å². The number of ether oxygens (including phenoxy) is 2. The summed E-state index contributed by atoms with van der Waals surface area (Å²) in [4.78, 5) is 8.35. The third kappa shape index (κ3) is 13.9. The number of nitrogens with two attached hydrogens (primary N) is 1. The monoisotopic (exact) mass is 796 g/mol. The Balaban J connectivity index is 0.000000213. The largest absolute Gasteiger partial charge is 0.573 e. The molecule has 0 unspecified atom stereocenters. The second-order valence-corrected chi connectivity index (χ2v) is 13.6. The molecule has 0 spiro atoms. The normalized spacial score (nSPS) is 12.1. The van der Waals surface area contributed by atoms with E-state index in [0.29, 0.717) is 65.6 Å². The van der Waals surface area contributed by atoms with Crippen LogP contribution in [0, 0.1) is 0 Å². The molecule has 0 saturated heterocycles. The Bertz CT molecular complexity index is 2160. The van der Waals surface area contributed by atoms with Crippen LogP contribution >= 0.6 is 11.6 Å². The van der Waals surface area contributed by atoms with Crippen LogP contribution in [0.3, 0.4) is 0 Å². The number of fused-ring (bicyclic) bond motifs is 2. The van der Waals surface area contributed by atoms with E-state index in [2.05, 4.69) is 35.0 Å². The predicted octanol–water partition coefficient (Wildman–Crippen LogP) is 7.92. The molecule has 0 radical (unpaired) electrons. The van der Waals surface area contributed by atoms with Gasteiger partial charge in [0, 0.05) is 17.7 Å². The first kappa shape index (κ1) is 42.6. The van der Waals surface area contributed by atoms with E-state index in [0.717, 1.165) is 0 Å². The van der Waals surface area contributed by atoms with Gasteiger partial charge in [0.25, 0.3) is 0 Å². The number of hydrogen-bond donors (Lipinski definition) is 4. The van der Waals surface area contributed by atoms with E-state index in [-0.39, 0.29) is 16.7 Å². The zero-order valence-corrected chi connectivity index (χ0v) is 30.8. The molecule has 4 aromatic heterocycles. The number of aliphatic hydroxyl groups is 2. The number of rotatable bonds is 10. The number of nitrogens with one attached hydrogen (secondary N) is 1. The Hall–Kier alpha value is -5.17. The lowest BCUT2D eigenvalue weighted by molar-refractivity contribution is -0.275. The van der Waals surface area contributed by atoms with Crippen LogP contribution < -0.4 is 20.5 Å². The van der Waals surface area contributed by atoms with Gasteiger partial charge in [0.2, 0.25) is 0 Å². The van der Waals surface area contributed by atoms with Gasteiger partial charge in [-0.1, -0.05) is 35.9 Å². The van der Waals surface area contributed by atoms with Crippen LogP contribution in [0.25, 0.3) is 33.8 Å². The van der Waals surface area contributed by atoms with Crippen molar-refractivity contribution >= 4 is 28.7 Å². The van der Waals surface area contributed by atoms with Crippen LogP contribution in [0.4, 0.5) is 32.2 Å². The molecule has 4 heterocycles. The van der Waals surface area contributed by atoms with Crippen molar-refractivity contribution in [3.63, 3.8) is 0 Å². The number of alkyl halides is 6. The Morgan fingerprint density at radius 1 is 0.691 bits per heavy atom. The molecule has 0 atom stereocenters.